The highest BCUT2D eigenvalue weighted by molar-refractivity contribution is 6.45. The summed E-state index contributed by atoms with van der Waals surface area (Å²) in [6, 6.07) is 18.3. The smallest absolute Gasteiger partial charge is 0.343 e. The molecule has 2 amide bonds. The first-order valence-electron chi connectivity index (χ1n) is 9.73. The summed E-state index contributed by atoms with van der Waals surface area (Å²) in [6.07, 6.45) is 0. The number of carbonyl (C=O) groups excluding carboxylic acids is 3. The van der Waals surface area contributed by atoms with Gasteiger partial charge in [0.2, 0.25) is 0 Å². The van der Waals surface area contributed by atoms with E-state index in [1.165, 1.54) is 6.07 Å². The van der Waals surface area contributed by atoms with Gasteiger partial charge in [-0.05, 0) is 67.9 Å². The topological polar surface area (TPSA) is 96.9 Å². The standard InChI is InChI=1S/C24H19Cl2N3O4/c1-14-6-8-17(9-7-14)24(32)33-18-12-10-16(11-13-18)15(2)28-29-23(31)22(30)27-20-5-3-4-19(25)21(20)26/h3-13H,1-2H3,(H,27,30)(H,29,31). The van der Waals surface area contributed by atoms with E-state index in [0.717, 1.165) is 5.56 Å². The fourth-order valence-electron chi connectivity index (χ4n) is 2.65. The molecule has 2 N–H and O–H groups in total. The average molecular weight is 484 g/mol. The molecule has 0 aliphatic rings. The third-order valence-corrected chi connectivity index (χ3v) is 5.32. The number of amides is 2. The summed E-state index contributed by atoms with van der Waals surface area (Å²) in [4.78, 5) is 36.3. The Morgan fingerprint density at radius 2 is 1.48 bits per heavy atom. The molecule has 0 heterocycles. The Labute approximate surface area is 200 Å². The van der Waals surface area contributed by atoms with E-state index in [1.54, 1.807) is 55.5 Å². The van der Waals surface area contributed by atoms with Gasteiger partial charge in [-0.3, -0.25) is 9.59 Å². The molecule has 168 valence electrons. The van der Waals surface area contributed by atoms with Crippen molar-refractivity contribution in [3.8, 4) is 5.75 Å². The van der Waals surface area contributed by atoms with Crippen molar-refractivity contribution in [1.29, 1.82) is 0 Å². The number of aryl methyl sites for hydroxylation is 1. The van der Waals surface area contributed by atoms with Gasteiger partial charge in [0.05, 0.1) is 27.0 Å². The summed E-state index contributed by atoms with van der Waals surface area (Å²) >= 11 is 11.9. The molecule has 0 saturated heterocycles. The molecular formula is C24H19Cl2N3O4. The normalized spacial score (nSPS) is 11.0. The first-order valence-corrected chi connectivity index (χ1v) is 10.5. The Morgan fingerprint density at radius 1 is 0.848 bits per heavy atom. The summed E-state index contributed by atoms with van der Waals surface area (Å²) in [5, 5.41) is 6.68. The van der Waals surface area contributed by atoms with Gasteiger partial charge in [0.1, 0.15) is 5.75 Å². The van der Waals surface area contributed by atoms with Gasteiger partial charge in [0.25, 0.3) is 0 Å². The second kappa shape index (κ2) is 10.8. The Hall–Kier alpha value is -3.68. The molecule has 0 aliphatic carbocycles. The molecule has 3 aromatic rings. The van der Waals surface area contributed by atoms with Crippen molar-refractivity contribution < 1.29 is 19.1 Å². The first kappa shape index (κ1) is 24.0. The molecule has 0 atom stereocenters. The highest BCUT2D eigenvalue weighted by Gasteiger charge is 2.16. The molecule has 33 heavy (non-hydrogen) atoms. The van der Waals surface area contributed by atoms with E-state index in [4.69, 9.17) is 27.9 Å². The largest absolute Gasteiger partial charge is 0.423 e. The molecule has 0 saturated carbocycles. The van der Waals surface area contributed by atoms with E-state index in [0.29, 0.717) is 22.6 Å². The van der Waals surface area contributed by atoms with Crippen LogP contribution in [0.15, 0.2) is 71.8 Å². The van der Waals surface area contributed by atoms with Crippen molar-refractivity contribution in [2.45, 2.75) is 13.8 Å². The van der Waals surface area contributed by atoms with Crippen LogP contribution in [0.2, 0.25) is 10.0 Å². The highest BCUT2D eigenvalue weighted by Crippen LogP contribution is 2.29. The maximum Gasteiger partial charge on any atom is 0.343 e. The SMILES string of the molecule is CC(=NNC(=O)C(=O)Nc1cccc(Cl)c1Cl)c1ccc(OC(=O)c2ccc(C)cc2)cc1. The van der Waals surface area contributed by atoms with E-state index in [2.05, 4.69) is 15.8 Å². The lowest BCUT2D eigenvalue weighted by Gasteiger charge is -2.08. The molecule has 0 aliphatic heterocycles. The zero-order chi connectivity index (χ0) is 24.0. The number of esters is 1. The number of hydrogen-bond donors (Lipinski definition) is 2. The minimum atomic E-state index is -0.978. The van der Waals surface area contributed by atoms with Crippen LogP contribution in [-0.4, -0.2) is 23.5 Å². The van der Waals surface area contributed by atoms with Crippen molar-refractivity contribution in [1.82, 2.24) is 5.43 Å². The monoisotopic (exact) mass is 483 g/mol. The number of nitrogens with zero attached hydrogens (tertiary/aromatic N) is 1. The Bertz CT molecular complexity index is 1220. The fourth-order valence-corrected chi connectivity index (χ4v) is 3.00. The summed E-state index contributed by atoms with van der Waals surface area (Å²) in [5.74, 6) is -2.03. The van der Waals surface area contributed by atoms with E-state index in [1.807, 2.05) is 19.1 Å². The molecule has 0 unspecified atom stereocenters. The molecule has 0 bridgehead atoms. The fraction of sp³-hybridized carbons (Fsp3) is 0.0833. The summed E-state index contributed by atoms with van der Waals surface area (Å²) < 4.78 is 5.36. The third kappa shape index (κ3) is 6.41. The number of carbonyl (C=O) groups is 3. The van der Waals surface area contributed by atoms with E-state index in [9.17, 15) is 14.4 Å². The molecular weight excluding hydrogens is 465 g/mol. The third-order valence-electron chi connectivity index (χ3n) is 4.50. The van der Waals surface area contributed by atoms with Crippen LogP contribution in [0.25, 0.3) is 0 Å². The molecule has 0 fully saturated rings. The zero-order valence-corrected chi connectivity index (χ0v) is 19.2. The van der Waals surface area contributed by atoms with Gasteiger partial charge in [0, 0.05) is 0 Å². The van der Waals surface area contributed by atoms with E-state index >= 15 is 0 Å². The van der Waals surface area contributed by atoms with Gasteiger partial charge >= 0.3 is 17.8 Å². The van der Waals surface area contributed by atoms with Crippen molar-refractivity contribution >= 4 is 52.4 Å². The average Bonchev–Trinajstić information content (AvgIpc) is 2.81. The molecule has 0 spiro atoms. The zero-order valence-electron chi connectivity index (χ0n) is 17.7. The number of benzene rings is 3. The van der Waals surface area contributed by atoms with Crippen LogP contribution in [0, 0.1) is 6.92 Å². The minimum absolute atomic E-state index is 0.128. The van der Waals surface area contributed by atoms with E-state index in [-0.39, 0.29) is 15.7 Å². The van der Waals surface area contributed by atoms with Crippen LogP contribution < -0.4 is 15.5 Å². The molecule has 7 nitrogen and oxygen atoms in total. The molecule has 3 aromatic carbocycles. The van der Waals surface area contributed by atoms with Gasteiger partial charge in [-0.15, -0.1) is 0 Å². The van der Waals surface area contributed by atoms with Crippen LogP contribution in [0.5, 0.6) is 5.75 Å². The van der Waals surface area contributed by atoms with Crippen molar-refractivity contribution in [3.63, 3.8) is 0 Å². The Balaban J connectivity index is 1.58. The molecule has 9 heteroatoms. The van der Waals surface area contributed by atoms with Crippen LogP contribution >= 0.6 is 23.2 Å². The van der Waals surface area contributed by atoms with Crippen molar-refractivity contribution in [2.24, 2.45) is 5.10 Å². The molecule has 0 radical (unpaired) electrons. The van der Waals surface area contributed by atoms with Crippen LogP contribution in [0.1, 0.15) is 28.4 Å². The van der Waals surface area contributed by atoms with Gasteiger partial charge in [-0.1, -0.05) is 47.0 Å². The maximum absolute atomic E-state index is 12.2. The summed E-state index contributed by atoms with van der Waals surface area (Å²) in [7, 11) is 0. The second-order valence-electron chi connectivity index (χ2n) is 6.97. The Morgan fingerprint density at radius 3 is 2.15 bits per heavy atom. The lowest BCUT2D eigenvalue weighted by atomic mass is 10.1. The number of anilines is 1. The maximum atomic E-state index is 12.2. The number of halogens is 2. The van der Waals surface area contributed by atoms with Crippen LogP contribution in [0.4, 0.5) is 5.69 Å². The molecule has 3 rings (SSSR count). The van der Waals surface area contributed by atoms with E-state index < -0.39 is 17.8 Å². The lowest BCUT2D eigenvalue weighted by Crippen LogP contribution is -2.33. The minimum Gasteiger partial charge on any atom is -0.423 e. The predicted molar refractivity (Wildman–Crippen MR) is 128 cm³/mol. The van der Waals surface area contributed by atoms with Gasteiger partial charge in [-0.25, -0.2) is 10.2 Å². The molecule has 0 aromatic heterocycles. The van der Waals surface area contributed by atoms with Crippen LogP contribution in [0.3, 0.4) is 0 Å². The number of rotatable bonds is 5. The lowest BCUT2D eigenvalue weighted by molar-refractivity contribution is -0.136. The van der Waals surface area contributed by atoms with Gasteiger partial charge in [-0.2, -0.15) is 5.10 Å². The van der Waals surface area contributed by atoms with Crippen molar-refractivity contribution in [2.75, 3.05) is 5.32 Å². The first-order chi connectivity index (χ1) is 15.7. The number of hydrazone groups is 1. The van der Waals surface area contributed by atoms with Gasteiger partial charge < -0.3 is 10.1 Å². The van der Waals surface area contributed by atoms with Crippen molar-refractivity contribution in [3.05, 3.63) is 93.5 Å². The number of nitrogens with one attached hydrogen (secondary N) is 2. The van der Waals surface area contributed by atoms with Gasteiger partial charge in [0.15, 0.2) is 0 Å². The Kier molecular flexibility index (Phi) is 7.82. The quantitative estimate of drug-likeness (QED) is 0.175. The summed E-state index contributed by atoms with van der Waals surface area (Å²) in [5.41, 5.74) is 4.98. The predicted octanol–water partition coefficient (Wildman–Crippen LogP) is 5.00. The van der Waals surface area contributed by atoms with Crippen LogP contribution in [-0.2, 0) is 9.59 Å². The number of ether oxygens (including phenoxy) is 1. The number of hydrogen-bond acceptors (Lipinski definition) is 5. The highest BCUT2D eigenvalue weighted by atomic mass is 35.5. The summed E-state index contributed by atoms with van der Waals surface area (Å²) in [6.45, 7) is 3.58. The second-order valence-corrected chi connectivity index (χ2v) is 7.76.